The van der Waals surface area contributed by atoms with Crippen molar-refractivity contribution in [2.75, 3.05) is 20.1 Å². The van der Waals surface area contributed by atoms with Crippen LogP contribution >= 0.6 is 27.3 Å². The van der Waals surface area contributed by atoms with Gasteiger partial charge in [0, 0.05) is 30.6 Å². The van der Waals surface area contributed by atoms with Gasteiger partial charge in [0.2, 0.25) is 10.0 Å². The number of nitrogens with zero attached hydrogens (tertiary/aromatic N) is 2. The molecule has 1 aromatic heterocycles. The first kappa shape index (κ1) is 21.1. The van der Waals surface area contributed by atoms with E-state index in [1.807, 2.05) is 12.1 Å². The van der Waals surface area contributed by atoms with Crippen molar-refractivity contribution in [1.29, 1.82) is 0 Å². The van der Waals surface area contributed by atoms with Crippen molar-refractivity contribution in [1.82, 2.24) is 9.21 Å². The van der Waals surface area contributed by atoms with E-state index >= 15 is 0 Å². The minimum Gasteiger partial charge on any atom is -0.337 e. The predicted octanol–water partition coefficient (Wildman–Crippen LogP) is 4.12. The average Bonchev–Trinajstić information content (AvgIpc) is 3.00. The summed E-state index contributed by atoms with van der Waals surface area (Å²) in [6, 6.07) is 8.77. The van der Waals surface area contributed by atoms with E-state index in [1.165, 1.54) is 10.4 Å². The van der Waals surface area contributed by atoms with Crippen LogP contribution in [0.4, 0.5) is 0 Å². The van der Waals surface area contributed by atoms with Crippen molar-refractivity contribution >= 4 is 43.2 Å². The zero-order valence-corrected chi connectivity index (χ0v) is 18.5. The summed E-state index contributed by atoms with van der Waals surface area (Å²) in [7, 11) is -1.89. The molecule has 0 fully saturated rings. The number of carbonyl (C=O) groups excluding carboxylic acids is 1. The summed E-state index contributed by atoms with van der Waals surface area (Å²) >= 11 is 4.98. The molecule has 2 rings (SSSR count). The van der Waals surface area contributed by atoms with Crippen LogP contribution in [-0.2, 0) is 16.6 Å². The van der Waals surface area contributed by atoms with E-state index < -0.39 is 10.0 Å². The number of benzene rings is 1. The van der Waals surface area contributed by atoms with E-state index in [9.17, 15) is 13.2 Å². The monoisotopic (exact) mass is 458 g/mol. The van der Waals surface area contributed by atoms with Crippen LogP contribution in [0, 0.1) is 6.92 Å². The molecule has 0 saturated heterocycles. The van der Waals surface area contributed by atoms with Gasteiger partial charge in [0.05, 0.1) is 15.2 Å². The number of hydrogen-bond donors (Lipinski definition) is 0. The molecule has 142 valence electrons. The van der Waals surface area contributed by atoms with E-state index in [2.05, 4.69) is 15.9 Å². The Bertz CT molecular complexity index is 890. The number of hydrogen-bond acceptors (Lipinski definition) is 4. The molecule has 1 heterocycles. The molecule has 1 aromatic carbocycles. The smallest absolute Gasteiger partial charge is 0.253 e. The topological polar surface area (TPSA) is 57.7 Å². The van der Waals surface area contributed by atoms with Crippen molar-refractivity contribution in [3.63, 3.8) is 0 Å². The van der Waals surface area contributed by atoms with E-state index in [0.29, 0.717) is 30.8 Å². The molecule has 0 aliphatic rings. The summed E-state index contributed by atoms with van der Waals surface area (Å²) in [4.78, 5) is 15.6. The number of rotatable bonds is 7. The van der Waals surface area contributed by atoms with Crippen molar-refractivity contribution in [3.8, 4) is 0 Å². The summed E-state index contributed by atoms with van der Waals surface area (Å²) in [5.41, 5.74) is 1.01. The number of amides is 1. The van der Waals surface area contributed by atoms with E-state index in [0.717, 1.165) is 8.66 Å². The van der Waals surface area contributed by atoms with Gasteiger partial charge in [-0.2, -0.15) is 4.31 Å². The summed E-state index contributed by atoms with van der Waals surface area (Å²) in [6.07, 6.45) is 0. The standard InChI is InChI=1S/C18H23BrN2O3S2/c1-5-21(6-2)26(23,24)16-11-14(8-7-13(16)3)18(22)20(4)12-15-9-10-17(19)25-15/h7-11H,5-6,12H2,1-4H3. The Morgan fingerprint density at radius 3 is 2.35 bits per heavy atom. The van der Waals surface area contributed by atoms with Crippen LogP contribution in [0.5, 0.6) is 0 Å². The van der Waals surface area contributed by atoms with Crippen LogP contribution < -0.4 is 0 Å². The summed E-state index contributed by atoms with van der Waals surface area (Å²) < 4.78 is 28.1. The van der Waals surface area contributed by atoms with E-state index in [1.54, 1.807) is 56.2 Å². The van der Waals surface area contributed by atoms with Gasteiger partial charge in [-0.05, 0) is 52.7 Å². The van der Waals surface area contributed by atoms with Crippen molar-refractivity contribution in [2.24, 2.45) is 0 Å². The SMILES string of the molecule is CCN(CC)S(=O)(=O)c1cc(C(=O)N(C)Cc2ccc(Br)s2)ccc1C. The maximum atomic E-state index is 12.9. The fraction of sp³-hybridized carbons (Fsp3) is 0.389. The number of carbonyl (C=O) groups is 1. The van der Waals surface area contributed by atoms with Gasteiger partial charge in [-0.3, -0.25) is 4.79 Å². The molecule has 0 unspecified atom stereocenters. The normalized spacial score (nSPS) is 11.8. The Kier molecular flexibility index (Phi) is 7.01. The first-order chi connectivity index (χ1) is 12.2. The van der Waals surface area contributed by atoms with Gasteiger partial charge in [-0.15, -0.1) is 11.3 Å². The summed E-state index contributed by atoms with van der Waals surface area (Å²) in [6.45, 7) is 6.61. The zero-order valence-electron chi connectivity index (χ0n) is 15.3. The fourth-order valence-corrected chi connectivity index (χ4v) is 5.92. The zero-order chi connectivity index (χ0) is 19.5. The van der Waals surface area contributed by atoms with Gasteiger partial charge in [-0.25, -0.2) is 8.42 Å². The lowest BCUT2D eigenvalue weighted by atomic mass is 10.1. The van der Waals surface area contributed by atoms with Crippen LogP contribution in [-0.4, -0.2) is 43.7 Å². The number of halogens is 1. The maximum Gasteiger partial charge on any atom is 0.253 e. The third-order valence-corrected chi connectivity index (χ3v) is 7.93. The second-order valence-corrected chi connectivity index (χ2v) is 10.4. The molecular weight excluding hydrogens is 436 g/mol. The quantitative estimate of drug-likeness (QED) is 0.626. The molecule has 0 bridgehead atoms. The Balaban J connectivity index is 2.32. The molecular formula is C18H23BrN2O3S2. The third-order valence-electron chi connectivity index (χ3n) is 4.13. The molecule has 8 heteroatoms. The van der Waals surface area contributed by atoms with Crippen LogP contribution in [0.1, 0.15) is 34.6 Å². The van der Waals surface area contributed by atoms with Gasteiger partial charge in [0.15, 0.2) is 0 Å². The van der Waals surface area contributed by atoms with Crippen LogP contribution in [0.2, 0.25) is 0 Å². The molecule has 0 radical (unpaired) electrons. The van der Waals surface area contributed by atoms with Gasteiger partial charge >= 0.3 is 0 Å². The summed E-state index contributed by atoms with van der Waals surface area (Å²) in [5, 5.41) is 0. The van der Waals surface area contributed by atoms with E-state index in [4.69, 9.17) is 0 Å². The van der Waals surface area contributed by atoms with Crippen molar-refractivity contribution in [2.45, 2.75) is 32.2 Å². The Morgan fingerprint density at radius 1 is 1.15 bits per heavy atom. The highest BCUT2D eigenvalue weighted by atomic mass is 79.9. The Hall–Kier alpha value is -1.22. The van der Waals surface area contributed by atoms with Crippen LogP contribution in [0.3, 0.4) is 0 Å². The molecule has 0 spiro atoms. The third kappa shape index (κ3) is 4.54. The maximum absolute atomic E-state index is 12.9. The molecule has 0 saturated carbocycles. The summed E-state index contributed by atoms with van der Waals surface area (Å²) in [5.74, 6) is -0.203. The molecule has 2 aromatic rings. The fourth-order valence-electron chi connectivity index (χ4n) is 2.68. The molecule has 5 nitrogen and oxygen atoms in total. The van der Waals surface area contributed by atoms with Gasteiger partial charge in [0.25, 0.3) is 5.91 Å². The lowest BCUT2D eigenvalue weighted by molar-refractivity contribution is 0.0786. The molecule has 0 N–H and O–H groups in total. The highest BCUT2D eigenvalue weighted by molar-refractivity contribution is 9.11. The second kappa shape index (κ2) is 8.65. The van der Waals surface area contributed by atoms with Crippen molar-refractivity contribution in [3.05, 3.63) is 50.1 Å². The molecule has 0 aliphatic heterocycles. The minimum absolute atomic E-state index is 0.194. The highest BCUT2D eigenvalue weighted by Crippen LogP contribution is 2.25. The lowest BCUT2D eigenvalue weighted by Crippen LogP contribution is -2.31. The van der Waals surface area contributed by atoms with Crippen LogP contribution in [0.25, 0.3) is 0 Å². The highest BCUT2D eigenvalue weighted by Gasteiger charge is 2.25. The Labute approximate surface area is 167 Å². The van der Waals surface area contributed by atoms with Gasteiger partial charge < -0.3 is 4.90 Å². The molecule has 1 amide bonds. The molecule has 0 atom stereocenters. The van der Waals surface area contributed by atoms with Crippen molar-refractivity contribution < 1.29 is 13.2 Å². The first-order valence-electron chi connectivity index (χ1n) is 8.31. The molecule has 26 heavy (non-hydrogen) atoms. The number of thiophene rings is 1. The first-order valence-corrected chi connectivity index (χ1v) is 11.4. The second-order valence-electron chi connectivity index (χ2n) is 5.94. The largest absolute Gasteiger partial charge is 0.337 e. The van der Waals surface area contributed by atoms with Gasteiger partial charge in [0.1, 0.15) is 0 Å². The molecule has 0 aliphatic carbocycles. The predicted molar refractivity (Wildman–Crippen MR) is 109 cm³/mol. The Morgan fingerprint density at radius 2 is 1.81 bits per heavy atom. The van der Waals surface area contributed by atoms with Gasteiger partial charge in [-0.1, -0.05) is 19.9 Å². The number of sulfonamides is 1. The number of aryl methyl sites for hydroxylation is 1. The minimum atomic E-state index is -3.61. The lowest BCUT2D eigenvalue weighted by Gasteiger charge is -2.21. The van der Waals surface area contributed by atoms with E-state index in [-0.39, 0.29) is 10.8 Å². The van der Waals surface area contributed by atoms with Crippen LogP contribution in [0.15, 0.2) is 39.0 Å². The average molecular weight is 459 g/mol.